The van der Waals surface area contributed by atoms with Crippen molar-refractivity contribution in [2.45, 2.75) is 0 Å². The molecule has 0 unspecified atom stereocenters. The van der Waals surface area contributed by atoms with E-state index in [0.717, 1.165) is 55.8 Å². The van der Waals surface area contributed by atoms with E-state index in [1.54, 1.807) is 6.26 Å². The Balaban J connectivity index is 1.13. The molecule has 0 saturated heterocycles. The van der Waals surface area contributed by atoms with Crippen molar-refractivity contribution in [3.8, 4) is 50.7 Å². The van der Waals surface area contributed by atoms with Gasteiger partial charge in [0, 0.05) is 38.9 Å². The first kappa shape index (κ1) is 34.5. The van der Waals surface area contributed by atoms with E-state index in [-0.39, 0.29) is 0 Å². The van der Waals surface area contributed by atoms with Crippen molar-refractivity contribution in [3.05, 3.63) is 213 Å². The first-order chi connectivity index (χ1) is 30.7. The topological polar surface area (TPSA) is 43.9 Å². The molecule has 0 atom stereocenters. The van der Waals surface area contributed by atoms with Crippen molar-refractivity contribution in [3.63, 3.8) is 0 Å². The van der Waals surface area contributed by atoms with Crippen molar-refractivity contribution >= 4 is 75.9 Å². The summed E-state index contributed by atoms with van der Waals surface area (Å²) in [5, 5.41) is 13.1. The fourth-order valence-electron chi connectivity index (χ4n) is 9.67. The van der Waals surface area contributed by atoms with E-state index in [0.29, 0.717) is 5.82 Å². The summed E-state index contributed by atoms with van der Waals surface area (Å²) in [6, 6.07) is 74.0. The largest absolute Gasteiger partial charge is 0.464 e. The lowest BCUT2D eigenvalue weighted by Crippen LogP contribution is -2.02. The van der Waals surface area contributed by atoms with Gasteiger partial charge in [-0.1, -0.05) is 158 Å². The first-order valence-corrected chi connectivity index (χ1v) is 21.0. The fourth-order valence-corrected chi connectivity index (χ4v) is 9.67. The molecular formula is C58H35N3O. The molecule has 0 bridgehead atoms. The average molecular weight is 790 g/mol. The quantitative estimate of drug-likeness (QED) is 0.163. The molecule has 0 radical (unpaired) electrons. The minimum absolute atomic E-state index is 0.682. The zero-order chi connectivity index (χ0) is 40.7. The number of furan rings is 1. The van der Waals surface area contributed by atoms with Crippen LogP contribution in [0.1, 0.15) is 0 Å². The summed E-state index contributed by atoms with van der Waals surface area (Å²) in [5.74, 6) is 1.50. The van der Waals surface area contributed by atoms with Crippen LogP contribution in [0.5, 0.6) is 0 Å². The number of nitrogens with zero attached hydrogens (tertiary/aromatic N) is 3. The average Bonchev–Trinajstić information content (AvgIpc) is 3.96. The third-order valence-corrected chi connectivity index (χ3v) is 12.6. The summed E-state index contributed by atoms with van der Waals surface area (Å²) in [7, 11) is 0. The highest BCUT2D eigenvalue weighted by atomic mass is 16.3. The van der Waals surface area contributed by atoms with Crippen molar-refractivity contribution in [1.29, 1.82) is 0 Å². The van der Waals surface area contributed by atoms with Crippen LogP contribution >= 0.6 is 0 Å². The van der Waals surface area contributed by atoms with Crippen LogP contribution < -0.4 is 0 Å². The molecule has 62 heavy (non-hydrogen) atoms. The first-order valence-electron chi connectivity index (χ1n) is 21.0. The minimum Gasteiger partial charge on any atom is -0.464 e. The van der Waals surface area contributed by atoms with Gasteiger partial charge in [-0.2, -0.15) is 0 Å². The number of benzene rings is 10. The SMILES string of the molecule is c1ccc(-c2cc(-n3c4ccc(-c5ccc6ccccc6c5)cc4c4cc5c6ccccc6c6cc(-c7cccc8ccoc78)ccc6c5cc43)nc(-c3ccccc3)n2)cc1. The zero-order valence-electron chi connectivity index (χ0n) is 33.5. The summed E-state index contributed by atoms with van der Waals surface area (Å²) in [4.78, 5) is 10.6. The molecule has 0 aliphatic heterocycles. The molecule has 4 heteroatoms. The number of rotatable bonds is 5. The highest BCUT2D eigenvalue weighted by molar-refractivity contribution is 6.29. The van der Waals surface area contributed by atoms with E-state index in [1.165, 1.54) is 65.0 Å². The normalized spacial score (nSPS) is 11.9. The van der Waals surface area contributed by atoms with Gasteiger partial charge in [0.2, 0.25) is 0 Å². The Morgan fingerprint density at radius 1 is 0.339 bits per heavy atom. The Bertz CT molecular complexity index is 3860. The van der Waals surface area contributed by atoms with E-state index in [1.807, 2.05) is 30.3 Å². The van der Waals surface area contributed by atoms with Gasteiger partial charge in [-0.05, 0) is 102 Å². The Labute approximate surface area is 356 Å². The molecule has 0 saturated carbocycles. The van der Waals surface area contributed by atoms with E-state index < -0.39 is 0 Å². The highest BCUT2D eigenvalue weighted by Gasteiger charge is 2.20. The molecule has 3 heterocycles. The maximum atomic E-state index is 6.02. The number of hydrogen-bond donors (Lipinski definition) is 0. The van der Waals surface area contributed by atoms with Crippen LogP contribution in [0, 0.1) is 0 Å². The standard InChI is InChI=1S/C58H35N3O/c1-3-13-37(14-4-1)53-35-56(60-58(59-53)39-15-5-2-6-16-39)61-54-27-25-42(41-23-22-36-12-7-8-17-40(36)30-41)31-51(54)52-33-49-46-20-10-9-19-45(46)48-32-43(24-26-47(48)50(49)34-55(52)61)44-21-11-18-38-28-29-62-57(38)44/h1-35H. The molecule has 13 aromatic rings. The number of para-hydroxylation sites is 1. The van der Waals surface area contributed by atoms with Crippen LogP contribution in [0.15, 0.2) is 217 Å². The lowest BCUT2D eigenvalue weighted by atomic mass is 9.91. The van der Waals surface area contributed by atoms with Crippen molar-refractivity contribution in [2.75, 3.05) is 0 Å². The molecule has 10 aromatic carbocycles. The predicted molar refractivity (Wildman–Crippen MR) is 258 cm³/mol. The summed E-state index contributed by atoms with van der Waals surface area (Å²) in [6.07, 6.45) is 1.77. The molecule has 288 valence electrons. The van der Waals surface area contributed by atoms with Crippen LogP contribution in [-0.4, -0.2) is 14.5 Å². The van der Waals surface area contributed by atoms with Crippen LogP contribution in [0.25, 0.3) is 127 Å². The van der Waals surface area contributed by atoms with Gasteiger partial charge in [-0.3, -0.25) is 4.57 Å². The van der Waals surface area contributed by atoms with E-state index in [9.17, 15) is 0 Å². The smallest absolute Gasteiger partial charge is 0.162 e. The molecule has 0 N–H and O–H groups in total. The molecular weight excluding hydrogens is 755 g/mol. The van der Waals surface area contributed by atoms with E-state index in [4.69, 9.17) is 14.4 Å². The maximum Gasteiger partial charge on any atom is 0.162 e. The second-order valence-corrected chi connectivity index (χ2v) is 16.2. The third-order valence-electron chi connectivity index (χ3n) is 12.6. The molecule has 0 amide bonds. The molecule has 3 aromatic heterocycles. The predicted octanol–water partition coefficient (Wildman–Crippen LogP) is 15.6. The Morgan fingerprint density at radius 2 is 0.968 bits per heavy atom. The van der Waals surface area contributed by atoms with Gasteiger partial charge in [0.1, 0.15) is 11.4 Å². The fraction of sp³-hybridized carbons (Fsp3) is 0. The van der Waals surface area contributed by atoms with Gasteiger partial charge in [-0.15, -0.1) is 0 Å². The number of hydrogen-bond acceptors (Lipinski definition) is 3. The van der Waals surface area contributed by atoms with Gasteiger partial charge in [0.05, 0.1) is 23.0 Å². The van der Waals surface area contributed by atoms with Gasteiger partial charge in [0.15, 0.2) is 5.82 Å². The van der Waals surface area contributed by atoms with Gasteiger partial charge in [-0.25, -0.2) is 9.97 Å². The highest BCUT2D eigenvalue weighted by Crippen LogP contribution is 2.44. The van der Waals surface area contributed by atoms with Crippen molar-refractivity contribution in [1.82, 2.24) is 14.5 Å². The van der Waals surface area contributed by atoms with E-state index in [2.05, 4.69) is 180 Å². The molecule has 0 fully saturated rings. The minimum atomic E-state index is 0.682. The molecule has 0 aliphatic rings. The summed E-state index contributed by atoms with van der Waals surface area (Å²) in [5.41, 5.74) is 10.5. The lowest BCUT2D eigenvalue weighted by Gasteiger charge is -2.14. The second-order valence-electron chi connectivity index (χ2n) is 16.2. The monoisotopic (exact) mass is 789 g/mol. The number of fused-ring (bicyclic) bond motifs is 11. The van der Waals surface area contributed by atoms with Crippen LogP contribution in [0.4, 0.5) is 0 Å². The van der Waals surface area contributed by atoms with Crippen LogP contribution in [0.3, 0.4) is 0 Å². The van der Waals surface area contributed by atoms with Crippen LogP contribution in [-0.2, 0) is 0 Å². The second kappa shape index (κ2) is 13.6. The van der Waals surface area contributed by atoms with Gasteiger partial charge >= 0.3 is 0 Å². The summed E-state index contributed by atoms with van der Waals surface area (Å²) in [6.45, 7) is 0. The molecule has 13 rings (SSSR count). The molecule has 0 aliphatic carbocycles. The zero-order valence-corrected chi connectivity index (χ0v) is 33.5. The van der Waals surface area contributed by atoms with Crippen LogP contribution in [0.2, 0.25) is 0 Å². The Morgan fingerprint density at radius 3 is 1.81 bits per heavy atom. The van der Waals surface area contributed by atoms with Crippen molar-refractivity contribution < 1.29 is 4.42 Å². The lowest BCUT2D eigenvalue weighted by molar-refractivity contribution is 0.617. The van der Waals surface area contributed by atoms with Gasteiger partial charge in [0.25, 0.3) is 0 Å². The van der Waals surface area contributed by atoms with E-state index >= 15 is 0 Å². The summed E-state index contributed by atoms with van der Waals surface area (Å²) < 4.78 is 8.37. The third kappa shape index (κ3) is 5.40. The maximum absolute atomic E-state index is 6.02. The molecule has 0 spiro atoms. The van der Waals surface area contributed by atoms with Crippen molar-refractivity contribution in [2.24, 2.45) is 0 Å². The Kier molecular flexibility index (Phi) is 7.57. The Hall–Kier alpha value is -8.34. The molecule has 4 nitrogen and oxygen atoms in total. The number of aromatic nitrogens is 3. The van der Waals surface area contributed by atoms with Gasteiger partial charge < -0.3 is 4.42 Å². The summed E-state index contributed by atoms with van der Waals surface area (Å²) >= 11 is 0.